The van der Waals surface area contributed by atoms with Crippen molar-refractivity contribution >= 4 is 12.2 Å². The minimum absolute atomic E-state index is 0.146. The molecule has 0 saturated carbocycles. The lowest BCUT2D eigenvalue weighted by Crippen LogP contribution is -2.44. The summed E-state index contributed by atoms with van der Waals surface area (Å²) in [5.74, 6) is 4.51. The Morgan fingerprint density at radius 3 is 2.87 bits per heavy atom. The van der Waals surface area contributed by atoms with Crippen LogP contribution in [0.1, 0.15) is 19.8 Å². The fourth-order valence-electron chi connectivity index (χ4n) is 0.735. The predicted molar refractivity (Wildman–Crippen MR) is 58.9 cm³/mol. The van der Waals surface area contributed by atoms with E-state index >= 15 is 0 Å². The van der Waals surface area contributed by atoms with Crippen LogP contribution in [0.2, 0.25) is 0 Å². The summed E-state index contributed by atoms with van der Waals surface area (Å²) in [7, 11) is 0. The zero-order valence-electron chi connectivity index (χ0n) is 8.84. The number of hydrogen-bond donors (Lipinski definition) is 4. The second kappa shape index (κ2) is 6.98. The summed E-state index contributed by atoms with van der Waals surface area (Å²) < 4.78 is 0. The topological polar surface area (TPSA) is 99.2 Å². The molecule has 84 valence electrons. The highest BCUT2D eigenvalue weighted by Gasteiger charge is 2.26. The third kappa shape index (κ3) is 6.66. The van der Waals surface area contributed by atoms with Crippen LogP contribution in [-0.2, 0) is 4.79 Å². The number of aliphatic carboxylic acids is 1. The summed E-state index contributed by atoms with van der Waals surface area (Å²) in [6, 6.07) is 0. The molecule has 0 fully saturated rings. The molecule has 0 heterocycles. The first-order valence-corrected chi connectivity index (χ1v) is 4.68. The van der Waals surface area contributed by atoms with Gasteiger partial charge in [-0.2, -0.15) is 0 Å². The van der Waals surface area contributed by atoms with Crippen molar-refractivity contribution in [2.75, 3.05) is 13.1 Å². The lowest BCUT2D eigenvalue weighted by molar-refractivity contribution is -0.142. The first kappa shape index (κ1) is 13.6. The van der Waals surface area contributed by atoms with Crippen molar-refractivity contribution in [1.82, 2.24) is 5.32 Å². The highest BCUT2D eigenvalue weighted by atomic mass is 16.4. The van der Waals surface area contributed by atoms with Gasteiger partial charge in [0.1, 0.15) is 5.54 Å². The summed E-state index contributed by atoms with van der Waals surface area (Å²) in [5.41, 5.74) is 4.21. The first-order valence-electron chi connectivity index (χ1n) is 4.68. The zero-order chi connectivity index (χ0) is 11.7. The smallest absolute Gasteiger partial charge is 0.324 e. The molecule has 5 heteroatoms. The van der Waals surface area contributed by atoms with Crippen LogP contribution in [0.5, 0.6) is 0 Å². The second-order valence-electron chi connectivity index (χ2n) is 3.41. The lowest BCUT2D eigenvalue weighted by atomic mass is 10.0. The average Bonchev–Trinajstić information content (AvgIpc) is 2.16. The van der Waals surface area contributed by atoms with Crippen LogP contribution >= 0.6 is 0 Å². The number of nitrogens with one attached hydrogen (secondary N) is 2. The van der Waals surface area contributed by atoms with Gasteiger partial charge in [-0.3, -0.25) is 4.79 Å². The molecule has 0 aromatic rings. The molecule has 1 atom stereocenters. The number of carboxylic acid groups (broad SMARTS) is 1. The van der Waals surface area contributed by atoms with Crippen LogP contribution < -0.4 is 11.1 Å². The number of carbonyl (C=O) groups is 1. The summed E-state index contributed by atoms with van der Waals surface area (Å²) in [5, 5.41) is 18.4. The molecule has 0 aliphatic heterocycles. The van der Waals surface area contributed by atoms with E-state index in [1.807, 2.05) is 0 Å². The maximum atomic E-state index is 10.6. The van der Waals surface area contributed by atoms with Gasteiger partial charge in [0, 0.05) is 32.1 Å². The Morgan fingerprint density at radius 2 is 2.33 bits per heavy atom. The third-order valence-corrected chi connectivity index (χ3v) is 1.74. The van der Waals surface area contributed by atoms with Crippen LogP contribution in [0.3, 0.4) is 0 Å². The van der Waals surface area contributed by atoms with Crippen molar-refractivity contribution in [3.8, 4) is 11.8 Å². The summed E-state index contributed by atoms with van der Waals surface area (Å²) in [4.78, 5) is 10.6. The molecule has 0 amide bonds. The standard InChI is InChI=1S/C10H17N3O2/c1-10(12,9(14)15)5-3-2-4-7-13-8-6-11/h6,11,13H,4-5,7-8,12H2,1H3,(H,14,15). The van der Waals surface area contributed by atoms with Crippen molar-refractivity contribution < 1.29 is 9.90 Å². The number of hydrogen-bond acceptors (Lipinski definition) is 4. The van der Waals surface area contributed by atoms with Gasteiger partial charge >= 0.3 is 5.97 Å². The second-order valence-corrected chi connectivity index (χ2v) is 3.41. The summed E-state index contributed by atoms with van der Waals surface area (Å²) >= 11 is 0. The molecule has 0 aliphatic carbocycles. The fraction of sp³-hybridized carbons (Fsp3) is 0.600. The van der Waals surface area contributed by atoms with Crippen molar-refractivity contribution in [1.29, 1.82) is 5.41 Å². The van der Waals surface area contributed by atoms with Crippen LogP contribution in [0, 0.1) is 17.3 Å². The molecule has 0 bridgehead atoms. The van der Waals surface area contributed by atoms with E-state index in [4.69, 9.17) is 16.2 Å². The number of carboxylic acids is 1. The van der Waals surface area contributed by atoms with E-state index < -0.39 is 11.5 Å². The molecule has 0 radical (unpaired) electrons. The molecule has 5 nitrogen and oxygen atoms in total. The lowest BCUT2D eigenvalue weighted by Gasteiger charge is -2.14. The molecule has 0 aromatic heterocycles. The minimum Gasteiger partial charge on any atom is -0.480 e. The fourth-order valence-corrected chi connectivity index (χ4v) is 0.735. The minimum atomic E-state index is -1.27. The maximum absolute atomic E-state index is 10.6. The van der Waals surface area contributed by atoms with Crippen molar-refractivity contribution in [3.63, 3.8) is 0 Å². The maximum Gasteiger partial charge on any atom is 0.324 e. The van der Waals surface area contributed by atoms with E-state index in [0.29, 0.717) is 19.5 Å². The van der Waals surface area contributed by atoms with Crippen molar-refractivity contribution in [2.24, 2.45) is 5.73 Å². The van der Waals surface area contributed by atoms with Gasteiger partial charge in [-0.1, -0.05) is 0 Å². The van der Waals surface area contributed by atoms with Gasteiger partial charge in [0.25, 0.3) is 0 Å². The molecule has 0 aromatic carbocycles. The van der Waals surface area contributed by atoms with Crippen LogP contribution in [0.25, 0.3) is 0 Å². The van der Waals surface area contributed by atoms with Gasteiger partial charge < -0.3 is 21.6 Å². The third-order valence-electron chi connectivity index (χ3n) is 1.74. The van der Waals surface area contributed by atoms with E-state index in [2.05, 4.69) is 17.2 Å². The molecule has 0 rings (SSSR count). The van der Waals surface area contributed by atoms with Gasteiger partial charge in [0.05, 0.1) is 0 Å². The first-order chi connectivity index (χ1) is 7.00. The Hall–Kier alpha value is -1.38. The normalized spacial score (nSPS) is 13.5. The zero-order valence-corrected chi connectivity index (χ0v) is 8.84. The summed E-state index contributed by atoms with van der Waals surface area (Å²) in [6.45, 7) is 2.67. The Morgan fingerprint density at radius 1 is 1.67 bits per heavy atom. The molecule has 0 saturated heterocycles. The highest BCUT2D eigenvalue weighted by molar-refractivity contribution is 5.78. The number of nitrogens with two attached hydrogens (primary N) is 1. The van der Waals surface area contributed by atoms with E-state index in [1.165, 1.54) is 13.1 Å². The predicted octanol–water partition coefficient (Wildman–Crippen LogP) is -0.189. The van der Waals surface area contributed by atoms with Crippen LogP contribution in [-0.4, -0.2) is 35.9 Å². The molecule has 0 aliphatic rings. The highest BCUT2D eigenvalue weighted by Crippen LogP contribution is 2.03. The molecule has 1 unspecified atom stereocenters. The van der Waals surface area contributed by atoms with Gasteiger partial charge in [0.15, 0.2) is 0 Å². The Kier molecular flexibility index (Phi) is 6.34. The van der Waals surface area contributed by atoms with Gasteiger partial charge in [-0.25, -0.2) is 0 Å². The van der Waals surface area contributed by atoms with E-state index in [-0.39, 0.29) is 6.42 Å². The Balaban J connectivity index is 3.71. The SMILES string of the molecule is CC(N)(CC#CCCNCC=N)C(=O)O. The van der Waals surface area contributed by atoms with Crippen molar-refractivity contribution in [2.45, 2.75) is 25.3 Å². The Labute approximate surface area is 89.6 Å². The number of rotatable bonds is 6. The Bertz CT molecular complexity index is 276. The average molecular weight is 211 g/mol. The molecule has 5 N–H and O–H groups in total. The van der Waals surface area contributed by atoms with Gasteiger partial charge in [-0.05, 0) is 6.92 Å². The van der Waals surface area contributed by atoms with E-state index in [1.54, 1.807) is 0 Å². The van der Waals surface area contributed by atoms with Crippen molar-refractivity contribution in [3.05, 3.63) is 0 Å². The molecular formula is C10H17N3O2. The monoisotopic (exact) mass is 211 g/mol. The van der Waals surface area contributed by atoms with Gasteiger partial charge in [0.2, 0.25) is 0 Å². The largest absolute Gasteiger partial charge is 0.480 e. The van der Waals surface area contributed by atoms with E-state index in [0.717, 1.165) is 0 Å². The summed E-state index contributed by atoms with van der Waals surface area (Å²) in [6.07, 6.45) is 2.05. The molecule has 0 spiro atoms. The van der Waals surface area contributed by atoms with E-state index in [9.17, 15) is 4.79 Å². The van der Waals surface area contributed by atoms with Gasteiger partial charge in [-0.15, -0.1) is 11.8 Å². The molecule has 15 heavy (non-hydrogen) atoms. The quantitative estimate of drug-likeness (QED) is 0.278. The van der Waals surface area contributed by atoms with Crippen LogP contribution in [0.15, 0.2) is 0 Å². The van der Waals surface area contributed by atoms with Crippen LogP contribution in [0.4, 0.5) is 0 Å². The molecular weight excluding hydrogens is 194 g/mol.